The molecular weight excluding hydrogens is 302 g/mol. The fourth-order valence-corrected chi connectivity index (χ4v) is 3.53. The van der Waals surface area contributed by atoms with Crippen LogP contribution in [-0.4, -0.2) is 9.97 Å². The second-order valence-electron chi connectivity index (χ2n) is 5.00. The third kappa shape index (κ3) is 2.74. The number of aryl methyl sites for hydroxylation is 3. The summed E-state index contributed by atoms with van der Waals surface area (Å²) >= 11 is 7.69. The first-order chi connectivity index (χ1) is 10.1. The Hall–Kier alpha value is -1.65. The summed E-state index contributed by atoms with van der Waals surface area (Å²) in [7, 11) is 0. The molecule has 1 N–H and O–H groups in total. The zero-order valence-corrected chi connectivity index (χ0v) is 13.8. The largest absolute Gasteiger partial charge is 0.339 e. The van der Waals surface area contributed by atoms with Gasteiger partial charge in [-0.25, -0.2) is 4.98 Å². The summed E-state index contributed by atoms with van der Waals surface area (Å²) in [6, 6.07) is 8.41. The van der Waals surface area contributed by atoms with Crippen LogP contribution in [0, 0.1) is 13.8 Å². The van der Waals surface area contributed by atoms with Crippen LogP contribution in [0.3, 0.4) is 0 Å². The van der Waals surface area contributed by atoms with Crippen LogP contribution < -0.4 is 5.32 Å². The molecule has 3 rings (SSSR count). The molecule has 0 atom stereocenters. The van der Waals surface area contributed by atoms with E-state index >= 15 is 0 Å². The number of nitrogens with zero attached hydrogens (tertiary/aromatic N) is 2. The fourth-order valence-electron chi connectivity index (χ4n) is 2.43. The number of hydrogen-bond acceptors (Lipinski definition) is 4. The van der Waals surface area contributed by atoms with Crippen LogP contribution in [0.25, 0.3) is 10.2 Å². The van der Waals surface area contributed by atoms with Gasteiger partial charge in [0.25, 0.3) is 0 Å². The molecule has 0 saturated carbocycles. The van der Waals surface area contributed by atoms with Crippen LogP contribution in [0.2, 0.25) is 5.28 Å². The summed E-state index contributed by atoms with van der Waals surface area (Å²) in [5.41, 5.74) is 3.58. The first kappa shape index (κ1) is 14.3. The Balaban J connectivity index is 2.14. The molecule has 0 unspecified atom stereocenters. The summed E-state index contributed by atoms with van der Waals surface area (Å²) in [6.45, 7) is 6.31. The second-order valence-corrected chi connectivity index (χ2v) is 6.58. The minimum absolute atomic E-state index is 0.276. The lowest BCUT2D eigenvalue weighted by Crippen LogP contribution is -2.01. The maximum atomic E-state index is 6.06. The zero-order chi connectivity index (χ0) is 15.0. The highest BCUT2D eigenvalue weighted by Gasteiger charge is 2.12. The lowest BCUT2D eigenvalue weighted by atomic mass is 10.1. The van der Waals surface area contributed by atoms with E-state index in [0.29, 0.717) is 0 Å². The molecule has 0 fully saturated rings. The molecule has 1 aromatic carbocycles. The van der Waals surface area contributed by atoms with E-state index in [1.54, 1.807) is 11.3 Å². The predicted molar refractivity (Wildman–Crippen MR) is 91.0 cm³/mol. The highest BCUT2D eigenvalue weighted by atomic mass is 35.5. The van der Waals surface area contributed by atoms with Crippen molar-refractivity contribution in [1.82, 2.24) is 9.97 Å². The van der Waals surface area contributed by atoms with Gasteiger partial charge in [-0.3, -0.25) is 0 Å². The maximum Gasteiger partial charge on any atom is 0.225 e. The monoisotopic (exact) mass is 317 g/mol. The summed E-state index contributed by atoms with van der Waals surface area (Å²) in [4.78, 5) is 10.8. The van der Waals surface area contributed by atoms with E-state index in [1.807, 2.05) is 0 Å². The van der Waals surface area contributed by atoms with E-state index in [1.165, 1.54) is 16.0 Å². The molecule has 0 aliphatic heterocycles. The summed E-state index contributed by atoms with van der Waals surface area (Å²) in [6.07, 6.45) is 0.967. The Morgan fingerprint density at radius 1 is 1.24 bits per heavy atom. The molecule has 0 aliphatic rings. The predicted octanol–water partition coefficient (Wildman–Crippen LogP) is 5.27. The van der Waals surface area contributed by atoms with Gasteiger partial charge >= 0.3 is 0 Å². The molecule has 5 heteroatoms. The number of nitrogens with one attached hydrogen (secondary N) is 1. The van der Waals surface area contributed by atoms with Gasteiger partial charge in [-0.1, -0.05) is 25.1 Å². The van der Waals surface area contributed by atoms with Gasteiger partial charge in [0.2, 0.25) is 5.28 Å². The van der Waals surface area contributed by atoms with Crippen molar-refractivity contribution in [3.05, 3.63) is 45.6 Å². The van der Waals surface area contributed by atoms with Crippen LogP contribution >= 0.6 is 22.9 Å². The van der Waals surface area contributed by atoms with Crippen LogP contribution in [-0.2, 0) is 6.42 Å². The van der Waals surface area contributed by atoms with Crippen LogP contribution in [0.15, 0.2) is 24.3 Å². The Labute approximate surface area is 133 Å². The molecule has 3 nitrogen and oxygen atoms in total. The molecule has 0 aliphatic carbocycles. The summed E-state index contributed by atoms with van der Waals surface area (Å²) in [5.74, 6) is 0.776. The molecule has 0 radical (unpaired) electrons. The second kappa shape index (κ2) is 5.62. The summed E-state index contributed by atoms with van der Waals surface area (Å²) in [5, 5.41) is 4.76. The molecular formula is C16H16ClN3S. The number of anilines is 2. The molecule has 0 spiro atoms. The first-order valence-corrected chi connectivity index (χ1v) is 8.07. The standard InChI is InChI=1S/C16H16ClN3S/c1-4-11-7-5-6-9(2)13(11)18-14-12-8-10(3)21-15(12)20-16(17)19-14/h5-8H,4H2,1-3H3,(H,18,19,20). The fraction of sp³-hybridized carbons (Fsp3) is 0.250. The molecule has 2 heterocycles. The van der Waals surface area contributed by atoms with E-state index in [2.05, 4.69) is 60.3 Å². The van der Waals surface area contributed by atoms with Crippen molar-refractivity contribution in [3.8, 4) is 0 Å². The average Bonchev–Trinajstić information content (AvgIpc) is 2.81. The van der Waals surface area contributed by atoms with Crippen molar-refractivity contribution in [2.75, 3.05) is 5.32 Å². The van der Waals surface area contributed by atoms with Crippen molar-refractivity contribution >= 4 is 44.7 Å². The van der Waals surface area contributed by atoms with Gasteiger partial charge in [0.15, 0.2) is 0 Å². The number of aromatic nitrogens is 2. The third-order valence-electron chi connectivity index (χ3n) is 3.47. The molecule has 0 saturated heterocycles. The topological polar surface area (TPSA) is 37.8 Å². The smallest absolute Gasteiger partial charge is 0.225 e. The zero-order valence-electron chi connectivity index (χ0n) is 12.2. The van der Waals surface area contributed by atoms with Crippen LogP contribution in [0.4, 0.5) is 11.5 Å². The number of hydrogen-bond donors (Lipinski definition) is 1. The Morgan fingerprint density at radius 3 is 2.81 bits per heavy atom. The van der Waals surface area contributed by atoms with Gasteiger partial charge in [-0.15, -0.1) is 11.3 Å². The molecule has 108 valence electrons. The maximum absolute atomic E-state index is 6.06. The highest BCUT2D eigenvalue weighted by molar-refractivity contribution is 7.18. The van der Waals surface area contributed by atoms with E-state index < -0.39 is 0 Å². The SMILES string of the molecule is CCc1cccc(C)c1Nc1nc(Cl)nc2sc(C)cc12. The quantitative estimate of drug-likeness (QED) is 0.669. The van der Waals surface area contributed by atoms with E-state index in [9.17, 15) is 0 Å². The van der Waals surface area contributed by atoms with Gasteiger partial charge in [0, 0.05) is 10.6 Å². The number of thiophene rings is 1. The number of rotatable bonds is 3. The van der Waals surface area contributed by atoms with Crippen molar-refractivity contribution in [2.45, 2.75) is 27.2 Å². The lowest BCUT2D eigenvalue weighted by Gasteiger charge is -2.14. The van der Waals surface area contributed by atoms with E-state index in [0.717, 1.165) is 28.1 Å². The Bertz CT molecular complexity index is 811. The molecule has 0 amide bonds. The van der Waals surface area contributed by atoms with Crippen LogP contribution in [0.1, 0.15) is 22.9 Å². The van der Waals surface area contributed by atoms with Gasteiger partial charge in [-0.05, 0) is 49.1 Å². The molecule has 2 aromatic heterocycles. The molecule has 21 heavy (non-hydrogen) atoms. The lowest BCUT2D eigenvalue weighted by molar-refractivity contribution is 1.13. The number of benzene rings is 1. The third-order valence-corrected chi connectivity index (χ3v) is 4.59. The summed E-state index contributed by atoms with van der Waals surface area (Å²) < 4.78 is 0. The minimum atomic E-state index is 0.276. The van der Waals surface area contributed by atoms with Gasteiger partial charge in [0.1, 0.15) is 10.6 Å². The Morgan fingerprint density at radius 2 is 2.05 bits per heavy atom. The van der Waals surface area contributed by atoms with Crippen molar-refractivity contribution in [3.63, 3.8) is 0 Å². The number of para-hydroxylation sites is 1. The first-order valence-electron chi connectivity index (χ1n) is 6.87. The Kier molecular flexibility index (Phi) is 3.83. The number of fused-ring (bicyclic) bond motifs is 1. The van der Waals surface area contributed by atoms with E-state index in [-0.39, 0.29) is 5.28 Å². The molecule has 3 aromatic rings. The highest BCUT2D eigenvalue weighted by Crippen LogP contribution is 2.33. The molecule has 0 bridgehead atoms. The average molecular weight is 318 g/mol. The van der Waals surface area contributed by atoms with Crippen molar-refractivity contribution < 1.29 is 0 Å². The van der Waals surface area contributed by atoms with Gasteiger partial charge in [-0.2, -0.15) is 4.98 Å². The van der Waals surface area contributed by atoms with Gasteiger partial charge in [0.05, 0.1) is 5.39 Å². The normalized spacial score (nSPS) is 11.0. The van der Waals surface area contributed by atoms with Crippen molar-refractivity contribution in [1.29, 1.82) is 0 Å². The number of halogens is 1. The van der Waals surface area contributed by atoms with Crippen LogP contribution in [0.5, 0.6) is 0 Å². The minimum Gasteiger partial charge on any atom is -0.339 e. The van der Waals surface area contributed by atoms with Crippen molar-refractivity contribution in [2.24, 2.45) is 0 Å². The van der Waals surface area contributed by atoms with Gasteiger partial charge < -0.3 is 5.32 Å². The van der Waals surface area contributed by atoms with E-state index in [4.69, 9.17) is 11.6 Å².